The Morgan fingerprint density at radius 2 is 2.00 bits per heavy atom. The molecule has 0 amide bonds. The van der Waals surface area contributed by atoms with Crippen molar-refractivity contribution < 1.29 is 9.47 Å². The Labute approximate surface area is 77.5 Å². The van der Waals surface area contributed by atoms with Gasteiger partial charge in [0.25, 0.3) is 0 Å². The summed E-state index contributed by atoms with van der Waals surface area (Å²) in [4.78, 5) is 0. The van der Waals surface area contributed by atoms with E-state index in [0.717, 1.165) is 25.4 Å². The van der Waals surface area contributed by atoms with Gasteiger partial charge in [-0.25, -0.2) is 0 Å². The Morgan fingerprint density at radius 3 is 2.85 bits per heavy atom. The van der Waals surface area contributed by atoms with E-state index in [9.17, 15) is 0 Å². The summed E-state index contributed by atoms with van der Waals surface area (Å²) in [6.07, 6.45) is 1.58. The topological polar surface area (TPSA) is 21.8 Å². The van der Waals surface area contributed by atoms with E-state index in [0.29, 0.717) is 12.0 Å². The molecule has 1 fully saturated rings. The maximum Gasteiger partial charge on any atom is 0.122 e. The molecule has 0 aliphatic carbocycles. The zero-order valence-electron chi connectivity index (χ0n) is 7.40. The van der Waals surface area contributed by atoms with Gasteiger partial charge in [0.15, 0.2) is 0 Å². The third kappa shape index (κ3) is 1.31. The van der Waals surface area contributed by atoms with Crippen molar-refractivity contribution in [3.8, 4) is 5.75 Å². The Morgan fingerprint density at radius 1 is 1.15 bits per heavy atom. The second-order valence-electron chi connectivity index (χ2n) is 3.75. The average molecular weight is 176 g/mol. The van der Waals surface area contributed by atoms with Crippen LogP contribution in [0.4, 0.5) is 0 Å². The fourth-order valence-electron chi connectivity index (χ4n) is 1.92. The first-order valence-electron chi connectivity index (χ1n) is 4.76. The van der Waals surface area contributed by atoms with Crippen LogP contribution < -0.4 is 4.74 Å². The molecule has 2 heteroatoms. The quantitative estimate of drug-likeness (QED) is 0.607. The van der Waals surface area contributed by atoms with Gasteiger partial charge in [0.2, 0.25) is 0 Å². The SMILES string of the molecule is c1ccc2c(c1)CC(C1CO1)CO2. The van der Waals surface area contributed by atoms with Crippen LogP contribution in [0, 0.1) is 5.92 Å². The Hall–Kier alpha value is -1.02. The first-order valence-corrected chi connectivity index (χ1v) is 4.76. The number of benzene rings is 1. The summed E-state index contributed by atoms with van der Waals surface area (Å²) >= 11 is 0. The van der Waals surface area contributed by atoms with E-state index in [4.69, 9.17) is 9.47 Å². The van der Waals surface area contributed by atoms with Gasteiger partial charge in [0.05, 0.1) is 19.3 Å². The van der Waals surface area contributed by atoms with Gasteiger partial charge in [-0.05, 0) is 18.1 Å². The monoisotopic (exact) mass is 176 g/mol. The van der Waals surface area contributed by atoms with Crippen LogP contribution in [-0.2, 0) is 11.2 Å². The molecular weight excluding hydrogens is 164 g/mol. The standard InChI is InChI=1S/C11H12O2/c1-2-4-10-8(3-1)5-9(6-12-10)11-7-13-11/h1-4,9,11H,5-7H2. The number of ether oxygens (including phenoxy) is 2. The molecule has 13 heavy (non-hydrogen) atoms. The minimum atomic E-state index is 0.466. The van der Waals surface area contributed by atoms with Gasteiger partial charge in [-0.3, -0.25) is 0 Å². The molecule has 2 aliphatic heterocycles. The Bertz CT molecular complexity index is 318. The van der Waals surface area contributed by atoms with Gasteiger partial charge in [-0.2, -0.15) is 0 Å². The lowest BCUT2D eigenvalue weighted by Gasteiger charge is -2.23. The number of para-hydroxylation sites is 1. The van der Waals surface area contributed by atoms with Crippen LogP contribution in [0.1, 0.15) is 5.56 Å². The van der Waals surface area contributed by atoms with E-state index in [1.165, 1.54) is 5.56 Å². The fourth-order valence-corrected chi connectivity index (χ4v) is 1.92. The lowest BCUT2D eigenvalue weighted by atomic mass is 9.94. The third-order valence-electron chi connectivity index (χ3n) is 2.79. The summed E-state index contributed by atoms with van der Waals surface area (Å²) in [6.45, 7) is 1.75. The van der Waals surface area contributed by atoms with Crippen LogP contribution in [0.25, 0.3) is 0 Å². The number of hydrogen-bond donors (Lipinski definition) is 0. The summed E-state index contributed by atoms with van der Waals surface area (Å²) in [7, 11) is 0. The molecule has 0 aromatic heterocycles. The largest absolute Gasteiger partial charge is 0.493 e. The summed E-state index contributed by atoms with van der Waals surface area (Å²) in [5, 5.41) is 0. The third-order valence-corrected chi connectivity index (χ3v) is 2.79. The molecule has 68 valence electrons. The van der Waals surface area contributed by atoms with Gasteiger partial charge >= 0.3 is 0 Å². The highest BCUT2D eigenvalue weighted by molar-refractivity contribution is 5.35. The lowest BCUT2D eigenvalue weighted by Crippen LogP contribution is -2.25. The van der Waals surface area contributed by atoms with E-state index >= 15 is 0 Å². The minimum absolute atomic E-state index is 0.466. The van der Waals surface area contributed by atoms with Crippen molar-refractivity contribution in [2.75, 3.05) is 13.2 Å². The molecule has 0 N–H and O–H groups in total. The number of epoxide rings is 1. The predicted octanol–water partition coefficient (Wildman–Crippen LogP) is 1.64. The van der Waals surface area contributed by atoms with Crippen molar-refractivity contribution in [1.82, 2.24) is 0 Å². The molecule has 1 saturated heterocycles. The highest BCUT2D eigenvalue weighted by Gasteiger charge is 2.35. The van der Waals surface area contributed by atoms with Gasteiger partial charge < -0.3 is 9.47 Å². The van der Waals surface area contributed by atoms with E-state index in [1.54, 1.807) is 0 Å². The Balaban J connectivity index is 1.85. The molecule has 0 radical (unpaired) electrons. The van der Waals surface area contributed by atoms with E-state index in [1.807, 2.05) is 12.1 Å². The van der Waals surface area contributed by atoms with Crippen LogP contribution in [0.2, 0.25) is 0 Å². The van der Waals surface area contributed by atoms with Gasteiger partial charge in [0.1, 0.15) is 5.75 Å². The normalized spacial score (nSPS) is 30.5. The summed E-state index contributed by atoms with van der Waals surface area (Å²) < 4.78 is 10.9. The number of rotatable bonds is 1. The molecule has 3 rings (SSSR count). The van der Waals surface area contributed by atoms with Crippen molar-refractivity contribution in [1.29, 1.82) is 0 Å². The fraction of sp³-hybridized carbons (Fsp3) is 0.455. The van der Waals surface area contributed by atoms with E-state index in [2.05, 4.69) is 12.1 Å². The second kappa shape index (κ2) is 2.74. The van der Waals surface area contributed by atoms with Crippen molar-refractivity contribution in [3.63, 3.8) is 0 Å². The molecule has 1 aromatic carbocycles. The molecule has 2 atom stereocenters. The van der Waals surface area contributed by atoms with Crippen LogP contribution in [0.5, 0.6) is 5.75 Å². The van der Waals surface area contributed by atoms with Gasteiger partial charge in [0, 0.05) is 5.92 Å². The molecular formula is C11H12O2. The maximum atomic E-state index is 5.66. The lowest BCUT2D eigenvalue weighted by molar-refractivity contribution is 0.188. The van der Waals surface area contributed by atoms with E-state index in [-0.39, 0.29) is 0 Å². The van der Waals surface area contributed by atoms with E-state index < -0.39 is 0 Å². The van der Waals surface area contributed by atoms with Crippen LogP contribution in [-0.4, -0.2) is 19.3 Å². The van der Waals surface area contributed by atoms with Gasteiger partial charge in [-0.15, -0.1) is 0 Å². The summed E-state index contributed by atoms with van der Waals surface area (Å²) in [6, 6.07) is 8.27. The highest BCUT2D eigenvalue weighted by Crippen LogP contribution is 2.32. The minimum Gasteiger partial charge on any atom is -0.493 e. The molecule has 0 bridgehead atoms. The van der Waals surface area contributed by atoms with Crippen LogP contribution in [0.3, 0.4) is 0 Å². The first-order chi connectivity index (χ1) is 6.43. The van der Waals surface area contributed by atoms with Crippen molar-refractivity contribution >= 4 is 0 Å². The number of fused-ring (bicyclic) bond motifs is 1. The van der Waals surface area contributed by atoms with Crippen molar-refractivity contribution in [3.05, 3.63) is 29.8 Å². The van der Waals surface area contributed by atoms with Gasteiger partial charge in [-0.1, -0.05) is 18.2 Å². The van der Waals surface area contributed by atoms with Crippen LogP contribution in [0.15, 0.2) is 24.3 Å². The smallest absolute Gasteiger partial charge is 0.122 e. The molecule has 0 saturated carbocycles. The molecule has 2 nitrogen and oxygen atoms in total. The molecule has 2 heterocycles. The van der Waals surface area contributed by atoms with Crippen molar-refractivity contribution in [2.24, 2.45) is 5.92 Å². The number of hydrogen-bond acceptors (Lipinski definition) is 2. The van der Waals surface area contributed by atoms with Crippen LogP contribution >= 0.6 is 0 Å². The predicted molar refractivity (Wildman–Crippen MR) is 48.9 cm³/mol. The highest BCUT2D eigenvalue weighted by atomic mass is 16.6. The maximum absolute atomic E-state index is 5.66. The van der Waals surface area contributed by atoms with Crippen molar-refractivity contribution in [2.45, 2.75) is 12.5 Å². The Kier molecular flexibility index (Phi) is 1.56. The zero-order valence-corrected chi connectivity index (χ0v) is 7.40. The molecule has 0 spiro atoms. The summed E-state index contributed by atoms with van der Waals surface area (Å²) in [5.41, 5.74) is 1.33. The second-order valence-corrected chi connectivity index (χ2v) is 3.75. The molecule has 2 aliphatic rings. The zero-order chi connectivity index (χ0) is 8.67. The first kappa shape index (κ1) is 7.39. The summed E-state index contributed by atoms with van der Waals surface area (Å²) in [5.74, 6) is 1.63. The molecule has 2 unspecified atom stereocenters. The molecule has 1 aromatic rings. The average Bonchev–Trinajstić information content (AvgIpc) is 3.00.